The van der Waals surface area contributed by atoms with Crippen LogP contribution in [-0.4, -0.2) is 59.7 Å². The van der Waals surface area contributed by atoms with Crippen LogP contribution in [0.2, 0.25) is 0 Å². The molecule has 1 heterocycles. The molecule has 7 N–H and O–H groups in total. The van der Waals surface area contributed by atoms with Crippen LogP contribution in [-0.2, 0) is 53.7 Å². The molecule has 0 aliphatic carbocycles. The molecule has 4 rings (SSSR count). The molecule has 1 aliphatic heterocycles. The maximum Gasteiger partial charge on any atom is 0.223 e. The zero-order valence-corrected chi connectivity index (χ0v) is 31.9. The van der Waals surface area contributed by atoms with Gasteiger partial charge < -0.3 is 42.1 Å². The van der Waals surface area contributed by atoms with E-state index < -0.39 is 6.17 Å². The highest BCUT2D eigenvalue weighted by molar-refractivity contribution is 5.78. The molecule has 3 amide bonds. The lowest BCUT2D eigenvalue weighted by atomic mass is 10.0. The van der Waals surface area contributed by atoms with Crippen molar-refractivity contribution in [2.75, 3.05) is 37.1 Å². The third-order valence-electron chi connectivity index (χ3n) is 9.50. The van der Waals surface area contributed by atoms with E-state index in [1.807, 2.05) is 35.8 Å². The van der Waals surface area contributed by atoms with Crippen LogP contribution in [0.5, 0.6) is 0 Å². The number of unbranched alkanes of at least 4 members (excludes halogenated alkanes) is 2. The first-order valence-electron chi connectivity index (χ1n) is 18.8. The molecule has 52 heavy (non-hydrogen) atoms. The third-order valence-corrected chi connectivity index (χ3v) is 9.50. The molecule has 0 aromatic heterocycles. The minimum Gasteiger partial charge on any atom is -0.388 e. The minimum atomic E-state index is -0.584. The van der Waals surface area contributed by atoms with Crippen LogP contribution < -0.4 is 27.4 Å². The van der Waals surface area contributed by atoms with Gasteiger partial charge in [-0.05, 0) is 89.0 Å². The summed E-state index contributed by atoms with van der Waals surface area (Å²) < 4.78 is 0. The number of carbonyl (C=O) groups is 3. The summed E-state index contributed by atoms with van der Waals surface area (Å²) in [5.41, 5.74) is 20.3. The first-order chi connectivity index (χ1) is 25.0. The summed E-state index contributed by atoms with van der Waals surface area (Å²) in [4.78, 5) is 47.1. The molecule has 282 valence electrons. The molecule has 6 bridgehead atoms. The monoisotopic (exact) mass is 712 g/mol. The van der Waals surface area contributed by atoms with Gasteiger partial charge in [0.25, 0.3) is 0 Å². The number of anilines is 3. The molecule has 0 saturated carbocycles. The summed E-state index contributed by atoms with van der Waals surface area (Å²) in [7, 11) is 5.65. The van der Waals surface area contributed by atoms with E-state index in [4.69, 9.17) is 11.5 Å². The highest BCUT2D eigenvalue weighted by atomic mass is 16.2. The van der Waals surface area contributed by atoms with Gasteiger partial charge in [0, 0.05) is 96.7 Å². The Hall–Kier alpha value is -4.61. The van der Waals surface area contributed by atoms with Crippen LogP contribution in [0, 0.1) is 0 Å². The van der Waals surface area contributed by atoms with Gasteiger partial charge in [-0.15, -0.1) is 0 Å². The van der Waals surface area contributed by atoms with E-state index in [1.54, 1.807) is 0 Å². The lowest BCUT2D eigenvalue weighted by molar-refractivity contribution is -0.133. The van der Waals surface area contributed by atoms with Gasteiger partial charge in [-0.25, -0.2) is 0 Å². The van der Waals surface area contributed by atoms with Gasteiger partial charge in [-0.3, -0.25) is 14.4 Å². The number of carbonyl (C=O) groups excluding carboxylic acids is 3. The van der Waals surface area contributed by atoms with Gasteiger partial charge in [0.15, 0.2) is 0 Å². The highest BCUT2D eigenvalue weighted by Crippen LogP contribution is 2.26. The second-order valence-corrected chi connectivity index (χ2v) is 14.0. The van der Waals surface area contributed by atoms with Crippen molar-refractivity contribution < 1.29 is 14.4 Å². The fourth-order valence-corrected chi connectivity index (χ4v) is 6.71. The Balaban J connectivity index is 1.88. The number of hydrogen-bond acceptors (Lipinski definition) is 8. The number of fused-ring (bicyclic) bond motifs is 6. The quantitative estimate of drug-likeness (QED) is 0.141. The zero-order chi connectivity index (χ0) is 37.6. The molecule has 0 atom stereocenters. The van der Waals surface area contributed by atoms with Crippen molar-refractivity contribution in [1.29, 1.82) is 0 Å². The van der Waals surface area contributed by atoms with Gasteiger partial charge in [0.05, 0.1) is 6.17 Å². The van der Waals surface area contributed by atoms with E-state index in [1.165, 1.54) is 0 Å². The van der Waals surface area contributed by atoms with Crippen molar-refractivity contribution in [1.82, 2.24) is 14.7 Å². The summed E-state index contributed by atoms with van der Waals surface area (Å²) >= 11 is 0. The molecule has 3 aromatic carbocycles. The average Bonchev–Trinajstić information content (AvgIpc) is 3.13. The Labute approximate surface area is 310 Å². The van der Waals surface area contributed by atoms with E-state index in [0.29, 0.717) is 58.5 Å². The number of nitrogens with one attached hydrogen (secondary N) is 3. The summed E-state index contributed by atoms with van der Waals surface area (Å²) in [6, 6.07) is 18.7. The van der Waals surface area contributed by atoms with E-state index in [9.17, 15) is 14.4 Å². The second-order valence-electron chi connectivity index (χ2n) is 14.0. The van der Waals surface area contributed by atoms with Crippen molar-refractivity contribution in [2.45, 2.75) is 111 Å². The van der Waals surface area contributed by atoms with Crippen LogP contribution >= 0.6 is 0 Å². The van der Waals surface area contributed by atoms with Crippen molar-refractivity contribution in [3.63, 3.8) is 0 Å². The molecule has 3 aromatic rings. The minimum absolute atomic E-state index is 0.0466. The Morgan fingerprint density at radius 3 is 1.02 bits per heavy atom. The van der Waals surface area contributed by atoms with Gasteiger partial charge in [-0.2, -0.15) is 0 Å². The molecule has 0 radical (unpaired) electrons. The standard InChI is InChI=1S/C41H60N8O3/c1-6-8-10-39(50)47-23-29-14-30(18-35(17-29)44-3)24-48(40(51)11-9-7-2)26-32-16-34(22-37(20-32)46-5)28-49(41(52)13-12-38(42)43)27-33-15-31(25-47)19-36(21-33)45-4/h14-22,38,44-46H,6-13,23-28,42-43H2,1-5H3. The predicted octanol–water partition coefficient (Wildman–Crippen LogP) is 6.12. The number of nitrogens with two attached hydrogens (primary N) is 2. The molecule has 11 heteroatoms. The molecular weight excluding hydrogens is 653 g/mol. The van der Waals surface area contributed by atoms with E-state index >= 15 is 0 Å². The molecule has 0 unspecified atom stereocenters. The van der Waals surface area contributed by atoms with E-state index in [-0.39, 0.29) is 24.1 Å². The molecular formula is C41H60N8O3. The van der Waals surface area contributed by atoms with Crippen LogP contribution in [0.15, 0.2) is 54.6 Å². The summed E-state index contributed by atoms with van der Waals surface area (Å²) in [6.07, 6.45) is 4.42. The van der Waals surface area contributed by atoms with Crippen molar-refractivity contribution >= 4 is 34.8 Å². The first kappa shape index (κ1) is 40.2. The molecule has 0 spiro atoms. The van der Waals surface area contributed by atoms with Crippen molar-refractivity contribution in [3.05, 3.63) is 88.0 Å². The lowest BCUT2D eigenvalue weighted by Crippen LogP contribution is -2.35. The average molecular weight is 713 g/mol. The van der Waals surface area contributed by atoms with Gasteiger partial charge in [0.2, 0.25) is 17.7 Å². The number of rotatable bonds is 12. The molecule has 11 nitrogen and oxygen atoms in total. The summed E-state index contributed by atoms with van der Waals surface area (Å²) in [6.45, 7) is 6.57. The van der Waals surface area contributed by atoms with Crippen LogP contribution in [0.4, 0.5) is 17.1 Å². The molecule has 0 fully saturated rings. The van der Waals surface area contributed by atoms with Crippen molar-refractivity contribution in [2.24, 2.45) is 11.5 Å². The normalized spacial score (nSPS) is 13.7. The van der Waals surface area contributed by atoms with Crippen molar-refractivity contribution in [3.8, 4) is 0 Å². The smallest absolute Gasteiger partial charge is 0.223 e. The number of amides is 3. The number of hydrogen-bond donors (Lipinski definition) is 5. The van der Waals surface area contributed by atoms with Crippen LogP contribution in [0.1, 0.15) is 98.6 Å². The second kappa shape index (κ2) is 19.8. The largest absolute Gasteiger partial charge is 0.388 e. The van der Waals surface area contributed by atoms with Gasteiger partial charge in [-0.1, -0.05) is 44.9 Å². The fourth-order valence-electron chi connectivity index (χ4n) is 6.71. The Morgan fingerprint density at radius 2 is 0.788 bits per heavy atom. The fraction of sp³-hybridized carbons (Fsp3) is 0.488. The predicted molar refractivity (Wildman–Crippen MR) is 211 cm³/mol. The van der Waals surface area contributed by atoms with Crippen LogP contribution in [0.25, 0.3) is 0 Å². The van der Waals surface area contributed by atoms with E-state index in [0.717, 1.165) is 76.1 Å². The summed E-state index contributed by atoms with van der Waals surface area (Å²) in [5, 5.41) is 9.87. The number of nitrogens with zero attached hydrogens (tertiary/aromatic N) is 3. The number of benzene rings is 3. The van der Waals surface area contributed by atoms with Crippen LogP contribution in [0.3, 0.4) is 0 Å². The lowest BCUT2D eigenvalue weighted by Gasteiger charge is -2.28. The SMILES string of the molecule is CCCCC(=O)N1Cc2cc(cc(NC)c2)CN(C(=O)CCCC)Cc2cc(cc(NC)c2)CN(C(=O)CCC(N)N)Cc2cc(cc(NC)c2)C1. The first-order valence-corrected chi connectivity index (χ1v) is 18.8. The molecule has 1 aliphatic rings. The van der Waals surface area contributed by atoms with Gasteiger partial charge >= 0.3 is 0 Å². The zero-order valence-electron chi connectivity index (χ0n) is 31.9. The Morgan fingerprint density at radius 1 is 0.519 bits per heavy atom. The Kier molecular flexibility index (Phi) is 15.3. The maximum atomic E-state index is 13.8. The summed E-state index contributed by atoms with van der Waals surface area (Å²) in [5.74, 6) is 0.137. The third kappa shape index (κ3) is 12.0. The topological polar surface area (TPSA) is 149 Å². The highest BCUT2D eigenvalue weighted by Gasteiger charge is 2.22. The maximum absolute atomic E-state index is 13.8. The molecule has 0 saturated heterocycles. The van der Waals surface area contributed by atoms with E-state index in [2.05, 4.69) is 84.4 Å². The Bertz CT molecular complexity index is 1560. The van der Waals surface area contributed by atoms with Gasteiger partial charge in [0.1, 0.15) is 0 Å².